The van der Waals surface area contributed by atoms with Crippen LogP contribution in [0.2, 0.25) is 0 Å². The molecule has 0 radical (unpaired) electrons. The molecule has 2 heterocycles. The second-order valence-corrected chi connectivity index (χ2v) is 7.10. The first kappa shape index (κ1) is 19.7. The number of nitrogens with one attached hydrogen (secondary N) is 1. The van der Waals surface area contributed by atoms with Gasteiger partial charge < -0.3 is 14.6 Å². The molecule has 0 aliphatic rings. The van der Waals surface area contributed by atoms with Gasteiger partial charge in [-0.05, 0) is 52.8 Å². The van der Waals surface area contributed by atoms with Crippen LogP contribution < -0.4 is 10.1 Å². The Bertz CT molecular complexity index is 957. The molecule has 1 aromatic carbocycles. The summed E-state index contributed by atoms with van der Waals surface area (Å²) in [6.45, 7) is 10.4. The highest BCUT2D eigenvalue weighted by Crippen LogP contribution is 2.17. The van der Waals surface area contributed by atoms with Crippen molar-refractivity contribution in [2.75, 3.05) is 6.54 Å². The summed E-state index contributed by atoms with van der Waals surface area (Å²) < 4.78 is 12.9. The van der Waals surface area contributed by atoms with Crippen molar-refractivity contribution in [1.82, 2.24) is 20.3 Å². The lowest BCUT2D eigenvalue weighted by atomic mass is 10.2. The minimum absolute atomic E-state index is 0.181. The molecule has 1 N–H and O–H groups in total. The average Bonchev–Trinajstić information content (AvgIpc) is 3.17. The zero-order chi connectivity index (χ0) is 20.3. The van der Waals surface area contributed by atoms with Crippen LogP contribution in [0.15, 0.2) is 34.9 Å². The second-order valence-electron chi connectivity index (χ2n) is 7.10. The molecule has 0 spiro atoms. The lowest BCUT2D eigenvalue weighted by Gasteiger charge is -2.15. The highest BCUT2D eigenvalue weighted by Gasteiger charge is 2.21. The molecule has 0 saturated heterocycles. The predicted molar refractivity (Wildman–Crippen MR) is 106 cm³/mol. The van der Waals surface area contributed by atoms with E-state index in [1.165, 1.54) is 5.56 Å². The summed E-state index contributed by atoms with van der Waals surface area (Å²) >= 11 is 0. The molecule has 0 saturated carbocycles. The minimum atomic E-state index is -0.285. The topological polar surface area (TPSA) is 82.2 Å². The normalized spacial score (nSPS) is 12.0. The third kappa shape index (κ3) is 4.60. The van der Waals surface area contributed by atoms with Crippen molar-refractivity contribution in [3.63, 3.8) is 0 Å². The van der Waals surface area contributed by atoms with Gasteiger partial charge in [-0.3, -0.25) is 9.48 Å². The van der Waals surface area contributed by atoms with Gasteiger partial charge in [0, 0.05) is 11.3 Å². The number of rotatable bonds is 7. The highest BCUT2D eigenvalue weighted by molar-refractivity contribution is 5.93. The van der Waals surface area contributed by atoms with E-state index in [4.69, 9.17) is 9.26 Å². The molecular formula is C21H26N4O3. The maximum absolute atomic E-state index is 12.6. The van der Waals surface area contributed by atoms with Crippen LogP contribution >= 0.6 is 0 Å². The van der Waals surface area contributed by atoms with Crippen molar-refractivity contribution in [1.29, 1.82) is 0 Å². The maximum Gasteiger partial charge on any atom is 0.273 e. The molecule has 1 amide bonds. The SMILES string of the molecule is Cc1ccc(O[C@H](C)CNC(=O)c2noc(C)c2Cn2nc(C)cc2C)cc1. The number of ether oxygens (including phenoxy) is 1. The van der Waals surface area contributed by atoms with Crippen LogP contribution in [0.3, 0.4) is 0 Å². The van der Waals surface area contributed by atoms with Gasteiger partial charge in [-0.2, -0.15) is 5.10 Å². The van der Waals surface area contributed by atoms with E-state index in [1.807, 2.05) is 62.7 Å². The molecule has 0 unspecified atom stereocenters. The van der Waals surface area contributed by atoms with Gasteiger partial charge >= 0.3 is 0 Å². The maximum atomic E-state index is 12.6. The van der Waals surface area contributed by atoms with Crippen molar-refractivity contribution in [3.8, 4) is 5.75 Å². The monoisotopic (exact) mass is 382 g/mol. The molecule has 2 aromatic heterocycles. The van der Waals surface area contributed by atoms with Crippen molar-refractivity contribution < 1.29 is 14.1 Å². The molecule has 1 atom stereocenters. The number of hydrogen-bond acceptors (Lipinski definition) is 5. The van der Waals surface area contributed by atoms with Gasteiger partial charge in [0.15, 0.2) is 5.69 Å². The second kappa shape index (κ2) is 8.29. The van der Waals surface area contributed by atoms with Gasteiger partial charge in [0.2, 0.25) is 0 Å². The first-order valence-electron chi connectivity index (χ1n) is 9.31. The van der Waals surface area contributed by atoms with E-state index in [0.717, 1.165) is 22.7 Å². The molecule has 7 heteroatoms. The number of aromatic nitrogens is 3. The Morgan fingerprint density at radius 1 is 1.21 bits per heavy atom. The Hall–Kier alpha value is -3.09. The summed E-state index contributed by atoms with van der Waals surface area (Å²) in [5, 5.41) is 11.3. The predicted octanol–water partition coefficient (Wildman–Crippen LogP) is 3.35. The zero-order valence-electron chi connectivity index (χ0n) is 16.9. The zero-order valence-corrected chi connectivity index (χ0v) is 16.9. The average molecular weight is 382 g/mol. The minimum Gasteiger partial charge on any atom is -0.489 e. The van der Waals surface area contributed by atoms with E-state index < -0.39 is 0 Å². The van der Waals surface area contributed by atoms with Crippen LogP contribution in [0, 0.1) is 27.7 Å². The van der Waals surface area contributed by atoms with Gasteiger partial charge in [0.05, 0.1) is 18.8 Å². The van der Waals surface area contributed by atoms with Gasteiger partial charge in [-0.1, -0.05) is 22.9 Å². The Balaban J connectivity index is 1.63. The van der Waals surface area contributed by atoms with Crippen LogP contribution in [0.25, 0.3) is 0 Å². The molecule has 0 aliphatic carbocycles. The molecule has 0 aliphatic heterocycles. The first-order chi connectivity index (χ1) is 13.3. The molecule has 0 bridgehead atoms. The van der Waals surface area contributed by atoms with Crippen molar-refractivity contribution in [2.45, 2.75) is 47.3 Å². The fourth-order valence-corrected chi connectivity index (χ4v) is 2.95. The molecule has 148 valence electrons. The summed E-state index contributed by atoms with van der Waals surface area (Å²) in [5.74, 6) is 1.10. The van der Waals surface area contributed by atoms with Crippen LogP contribution in [0.5, 0.6) is 5.75 Å². The fourth-order valence-electron chi connectivity index (χ4n) is 2.95. The Morgan fingerprint density at radius 3 is 2.57 bits per heavy atom. The fraction of sp³-hybridized carbons (Fsp3) is 0.381. The lowest BCUT2D eigenvalue weighted by Crippen LogP contribution is -2.34. The van der Waals surface area contributed by atoms with E-state index in [-0.39, 0.29) is 17.7 Å². The highest BCUT2D eigenvalue weighted by atomic mass is 16.5. The van der Waals surface area contributed by atoms with E-state index in [0.29, 0.717) is 18.8 Å². The van der Waals surface area contributed by atoms with Crippen molar-refractivity contribution >= 4 is 5.91 Å². The van der Waals surface area contributed by atoms with E-state index in [1.54, 1.807) is 6.92 Å². The number of amides is 1. The van der Waals surface area contributed by atoms with Gasteiger partial charge in [0.25, 0.3) is 5.91 Å². The number of aryl methyl sites for hydroxylation is 4. The van der Waals surface area contributed by atoms with Gasteiger partial charge in [0.1, 0.15) is 17.6 Å². The number of carbonyl (C=O) groups is 1. The summed E-state index contributed by atoms with van der Waals surface area (Å²) in [4.78, 5) is 12.6. The summed E-state index contributed by atoms with van der Waals surface area (Å²) in [5.41, 5.74) is 4.14. The number of carbonyl (C=O) groups excluding carboxylic acids is 1. The quantitative estimate of drug-likeness (QED) is 0.678. The number of nitrogens with zero attached hydrogens (tertiary/aromatic N) is 3. The van der Waals surface area contributed by atoms with Crippen molar-refractivity contribution in [2.24, 2.45) is 0 Å². The summed E-state index contributed by atoms with van der Waals surface area (Å²) in [7, 11) is 0. The smallest absolute Gasteiger partial charge is 0.273 e. The largest absolute Gasteiger partial charge is 0.489 e. The summed E-state index contributed by atoms with van der Waals surface area (Å²) in [6.07, 6.45) is -0.181. The third-order valence-electron chi connectivity index (χ3n) is 4.52. The van der Waals surface area contributed by atoms with E-state index in [2.05, 4.69) is 15.6 Å². The number of benzene rings is 1. The van der Waals surface area contributed by atoms with E-state index >= 15 is 0 Å². The van der Waals surface area contributed by atoms with Crippen LogP contribution in [-0.2, 0) is 6.54 Å². The third-order valence-corrected chi connectivity index (χ3v) is 4.52. The lowest BCUT2D eigenvalue weighted by molar-refractivity contribution is 0.0922. The molecule has 3 aromatic rings. The van der Waals surface area contributed by atoms with Crippen molar-refractivity contribution in [3.05, 3.63) is 64.3 Å². The Morgan fingerprint density at radius 2 is 1.93 bits per heavy atom. The van der Waals surface area contributed by atoms with Crippen LogP contribution in [0.4, 0.5) is 0 Å². The first-order valence-corrected chi connectivity index (χ1v) is 9.31. The Labute approximate surface area is 164 Å². The molecule has 0 fully saturated rings. The molecule has 7 nitrogen and oxygen atoms in total. The summed E-state index contributed by atoms with van der Waals surface area (Å²) in [6, 6.07) is 9.81. The molecular weight excluding hydrogens is 356 g/mol. The standard InChI is InChI=1S/C21H26N4O3/c1-13-6-8-18(9-7-13)27-16(4)11-22-21(26)20-19(17(5)28-24-20)12-25-15(3)10-14(2)23-25/h6-10,16H,11-12H2,1-5H3,(H,22,26)/t16-/m1/s1. The number of hydrogen-bond donors (Lipinski definition) is 1. The molecule has 3 rings (SSSR count). The van der Waals surface area contributed by atoms with Gasteiger partial charge in [-0.25, -0.2) is 0 Å². The van der Waals surface area contributed by atoms with Crippen LogP contribution in [0.1, 0.15) is 45.7 Å². The molecule has 28 heavy (non-hydrogen) atoms. The van der Waals surface area contributed by atoms with E-state index in [9.17, 15) is 4.79 Å². The van der Waals surface area contributed by atoms with Gasteiger partial charge in [-0.15, -0.1) is 0 Å². The van der Waals surface area contributed by atoms with Crippen LogP contribution in [-0.4, -0.2) is 33.5 Å². The Kier molecular flexibility index (Phi) is 5.82.